The molecule has 0 spiro atoms. The van der Waals surface area contributed by atoms with E-state index in [0.717, 1.165) is 12.8 Å². The van der Waals surface area contributed by atoms with Crippen molar-refractivity contribution in [3.63, 3.8) is 0 Å². The second-order valence-electron chi connectivity index (χ2n) is 5.86. The van der Waals surface area contributed by atoms with E-state index < -0.39 is 0 Å². The summed E-state index contributed by atoms with van der Waals surface area (Å²) in [7, 11) is 0. The number of amides is 1. The van der Waals surface area contributed by atoms with Crippen molar-refractivity contribution in [2.75, 3.05) is 12.3 Å². The van der Waals surface area contributed by atoms with Crippen molar-refractivity contribution >= 4 is 11.7 Å². The monoisotopic (exact) mass is 296 g/mol. The van der Waals surface area contributed by atoms with Crippen molar-refractivity contribution in [3.05, 3.63) is 54.0 Å². The number of rotatable bonds is 4. The minimum atomic E-state index is -0.208. The largest absolute Gasteiger partial charge is 0.383 e. The van der Waals surface area contributed by atoms with Crippen LogP contribution in [0, 0.1) is 0 Å². The first-order chi connectivity index (χ1) is 10.7. The minimum Gasteiger partial charge on any atom is -0.383 e. The summed E-state index contributed by atoms with van der Waals surface area (Å²) in [5, 5.41) is 3.02. The second kappa shape index (κ2) is 6.13. The first-order valence-corrected chi connectivity index (χ1v) is 7.60. The second-order valence-corrected chi connectivity index (χ2v) is 5.86. The third-order valence-corrected chi connectivity index (χ3v) is 4.52. The lowest BCUT2D eigenvalue weighted by molar-refractivity contribution is 0.0943. The van der Waals surface area contributed by atoms with Crippen LogP contribution in [-0.4, -0.2) is 22.4 Å². The van der Waals surface area contributed by atoms with Crippen LogP contribution in [-0.2, 0) is 5.41 Å². The Kier molecular flexibility index (Phi) is 4.04. The molecule has 1 aliphatic carbocycles. The molecule has 1 aromatic carbocycles. The van der Waals surface area contributed by atoms with Gasteiger partial charge in [0.1, 0.15) is 12.1 Å². The zero-order valence-corrected chi connectivity index (χ0v) is 12.5. The van der Waals surface area contributed by atoms with Crippen LogP contribution in [0.3, 0.4) is 0 Å². The van der Waals surface area contributed by atoms with Gasteiger partial charge in [0, 0.05) is 18.2 Å². The zero-order chi connectivity index (χ0) is 15.4. The molecule has 1 aliphatic rings. The molecule has 0 radical (unpaired) electrons. The molecule has 0 unspecified atom stereocenters. The van der Waals surface area contributed by atoms with E-state index in [-0.39, 0.29) is 17.1 Å². The highest BCUT2D eigenvalue weighted by Crippen LogP contribution is 2.40. The van der Waals surface area contributed by atoms with Crippen molar-refractivity contribution in [2.45, 2.75) is 31.1 Å². The van der Waals surface area contributed by atoms with E-state index in [4.69, 9.17) is 5.73 Å². The van der Waals surface area contributed by atoms with Crippen LogP contribution < -0.4 is 11.1 Å². The van der Waals surface area contributed by atoms with Crippen molar-refractivity contribution in [1.82, 2.24) is 15.3 Å². The SMILES string of the molecule is Nc1ncncc1C(=O)NCC1(c2ccccc2)CCCC1. The first kappa shape index (κ1) is 14.5. The van der Waals surface area contributed by atoms with Crippen LogP contribution in [0.2, 0.25) is 0 Å². The lowest BCUT2D eigenvalue weighted by Gasteiger charge is -2.30. The summed E-state index contributed by atoms with van der Waals surface area (Å²) in [6.07, 6.45) is 7.38. The zero-order valence-electron chi connectivity index (χ0n) is 12.5. The van der Waals surface area contributed by atoms with Gasteiger partial charge in [-0.1, -0.05) is 43.2 Å². The summed E-state index contributed by atoms with van der Waals surface area (Å²) >= 11 is 0. The number of nitrogens with two attached hydrogens (primary N) is 1. The van der Waals surface area contributed by atoms with Crippen LogP contribution >= 0.6 is 0 Å². The predicted octanol–water partition coefficient (Wildman–Crippen LogP) is 2.30. The maximum atomic E-state index is 12.3. The molecule has 0 bridgehead atoms. The Bertz CT molecular complexity index is 651. The van der Waals surface area contributed by atoms with E-state index >= 15 is 0 Å². The number of nitrogens with one attached hydrogen (secondary N) is 1. The fourth-order valence-corrected chi connectivity index (χ4v) is 3.27. The molecule has 0 atom stereocenters. The molecular weight excluding hydrogens is 276 g/mol. The van der Waals surface area contributed by atoms with Gasteiger partial charge in [-0.05, 0) is 18.4 Å². The Morgan fingerprint density at radius 1 is 1.23 bits per heavy atom. The molecule has 5 heteroatoms. The van der Waals surface area contributed by atoms with Gasteiger partial charge in [0.25, 0.3) is 5.91 Å². The van der Waals surface area contributed by atoms with Gasteiger partial charge in [0.05, 0.1) is 5.56 Å². The molecule has 5 nitrogen and oxygen atoms in total. The number of carbonyl (C=O) groups is 1. The van der Waals surface area contributed by atoms with E-state index in [1.165, 1.54) is 30.9 Å². The van der Waals surface area contributed by atoms with Gasteiger partial charge in [0.2, 0.25) is 0 Å². The van der Waals surface area contributed by atoms with Crippen LogP contribution in [0.4, 0.5) is 5.82 Å². The van der Waals surface area contributed by atoms with Gasteiger partial charge in [-0.15, -0.1) is 0 Å². The highest BCUT2D eigenvalue weighted by atomic mass is 16.1. The van der Waals surface area contributed by atoms with E-state index in [9.17, 15) is 4.79 Å². The Morgan fingerprint density at radius 2 is 1.95 bits per heavy atom. The average molecular weight is 296 g/mol. The average Bonchev–Trinajstić information content (AvgIpc) is 3.04. The number of hydrogen-bond acceptors (Lipinski definition) is 4. The number of hydrogen-bond donors (Lipinski definition) is 2. The molecule has 1 amide bonds. The first-order valence-electron chi connectivity index (χ1n) is 7.60. The lowest BCUT2D eigenvalue weighted by Crippen LogP contribution is -2.39. The standard InChI is InChI=1S/C17H20N4O/c18-15-14(10-19-12-21-15)16(22)20-11-17(8-4-5-9-17)13-6-2-1-3-7-13/h1-3,6-7,10,12H,4-5,8-9,11H2,(H,20,22)(H2,18,19,21). The number of aromatic nitrogens is 2. The topological polar surface area (TPSA) is 80.9 Å². The molecule has 22 heavy (non-hydrogen) atoms. The molecule has 0 aliphatic heterocycles. The molecule has 1 aromatic heterocycles. The van der Waals surface area contributed by atoms with Crippen LogP contribution in [0.25, 0.3) is 0 Å². The third-order valence-electron chi connectivity index (χ3n) is 4.52. The Hall–Kier alpha value is -2.43. The van der Waals surface area contributed by atoms with Gasteiger partial charge < -0.3 is 11.1 Å². The Balaban J connectivity index is 1.76. The Labute approximate surface area is 130 Å². The summed E-state index contributed by atoms with van der Waals surface area (Å²) < 4.78 is 0. The normalized spacial score (nSPS) is 16.4. The van der Waals surface area contributed by atoms with Gasteiger partial charge in [-0.25, -0.2) is 9.97 Å². The number of nitrogens with zero attached hydrogens (tertiary/aromatic N) is 2. The quantitative estimate of drug-likeness (QED) is 0.907. The van der Waals surface area contributed by atoms with Crippen molar-refractivity contribution < 1.29 is 4.79 Å². The fraction of sp³-hybridized carbons (Fsp3) is 0.353. The lowest BCUT2D eigenvalue weighted by atomic mass is 9.79. The number of benzene rings is 1. The van der Waals surface area contributed by atoms with Gasteiger partial charge >= 0.3 is 0 Å². The van der Waals surface area contributed by atoms with Crippen molar-refractivity contribution in [2.24, 2.45) is 0 Å². The van der Waals surface area contributed by atoms with Crippen LogP contribution in [0.15, 0.2) is 42.9 Å². The number of carbonyl (C=O) groups excluding carboxylic acids is 1. The molecule has 0 saturated heterocycles. The van der Waals surface area contributed by atoms with E-state index in [1.54, 1.807) is 0 Å². The molecule has 1 saturated carbocycles. The molecule has 1 heterocycles. The smallest absolute Gasteiger partial charge is 0.256 e. The predicted molar refractivity (Wildman–Crippen MR) is 85.4 cm³/mol. The van der Waals surface area contributed by atoms with E-state index in [2.05, 4.69) is 39.6 Å². The summed E-state index contributed by atoms with van der Waals surface area (Å²) in [5.74, 6) is 0.00740. The van der Waals surface area contributed by atoms with E-state index in [0.29, 0.717) is 12.1 Å². The van der Waals surface area contributed by atoms with E-state index in [1.807, 2.05) is 6.07 Å². The maximum Gasteiger partial charge on any atom is 0.256 e. The Morgan fingerprint density at radius 3 is 2.64 bits per heavy atom. The molecule has 3 N–H and O–H groups in total. The molecule has 3 rings (SSSR count). The van der Waals surface area contributed by atoms with Gasteiger partial charge in [-0.2, -0.15) is 0 Å². The summed E-state index contributed by atoms with van der Waals surface area (Å²) in [5.41, 5.74) is 7.40. The molecular formula is C17H20N4O. The molecule has 2 aromatic rings. The van der Waals surface area contributed by atoms with Crippen molar-refractivity contribution in [1.29, 1.82) is 0 Å². The minimum absolute atomic E-state index is 0.0291. The molecule has 114 valence electrons. The van der Waals surface area contributed by atoms with Crippen LogP contribution in [0.1, 0.15) is 41.6 Å². The van der Waals surface area contributed by atoms with Crippen molar-refractivity contribution in [3.8, 4) is 0 Å². The number of nitrogen functional groups attached to an aromatic ring is 1. The summed E-state index contributed by atoms with van der Waals surface area (Å²) in [6.45, 7) is 0.615. The highest BCUT2D eigenvalue weighted by Gasteiger charge is 2.35. The van der Waals surface area contributed by atoms with Gasteiger partial charge in [0.15, 0.2) is 0 Å². The molecule has 1 fully saturated rings. The summed E-state index contributed by atoms with van der Waals surface area (Å²) in [6, 6.07) is 10.4. The third kappa shape index (κ3) is 2.79. The summed E-state index contributed by atoms with van der Waals surface area (Å²) in [4.78, 5) is 20.1. The van der Waals surface area contributed by atoms with Crippen LogP contribution in [0.5, 0.6) is 0 Å². The highest BCUT2D eigenvalue weighted by molar-refractivity contribution is 5.97. The maximum absolute atomic E-state index is 12.3. The fourth-order valence-electron chi connectivity index (χ4n) is 3.27. The van der Waals surface area contributed by atoms with Gasteiger partial charge in [-0.3, -0.25) is 4.79 Å². The number of anilines is 1.